The van der Waals surface area contributed by atoms with E-state index in [0.717, 1.165) is 57.8 Å². The minimum Gasteiger partial charge on any atom is -0.371 e. The molecule has 0 aromatic carbocycles. The van der Waals surface area contributed by atoms with Gasteiger partial charge in [0.15, 0.2) is 5.82 Å². The van der Waals surface area contributed by atoms with E-state index in [2.05, 4.69) is 33.3 Å². The van der Waals surface area contributed by atoms with E-state index in [0.29, 0.717) is 13.0 Å². The minimum absolute atomic E-state index is 0.150. The zero-order chi connectivity index (χ0) is 21.3. The van der Waals surface area contributed by atoms with Gasteiger partial charge in [0.2, 0.25) is 5.91 Å². The smallest absolute Gasteiger partial charge is 0.222 e. The summed E-state index contributed by atoms with van der Waals surface area (Å²) in [6.07, 6.45) is 4.30. The molecule has 4 rings (SSSR count). The van der Waals surface area contributed by atoms with Crippen molar-refractivity contribution in [1.29, 1.82) is 0 Å². The Morgan fingerprint density at radius 3 is 2.90 bits per heavy atom. The number of unbranched alkanes of at least 4 members (excludes halogenated alkanes) is 1. The first-order valence-corrected chi connectivity index (χ1v) is 10.2. The summed E-state index contributed by atoms with van der Waals surface area (Å²) in [5, 5.41) is 4.12. The van der Waals surface area contributed by atoms with Crippen molar-refractivity contribution < 1.29 is 4.79 Å². The predicted molar refractivity (Wildman–Crippen MR) is 119 cm³/mol. The largest absolute Gasteiger partial charge is 0.371 e. The molecule has 8 nitrogen and oxygen atoms in total. The van der Waals surface area contributed by atoms with E-state index >= 15 is 0 Å². The number of H-pyrrole nitrogens is 1. The Kier molecular flexibility index (Phi) is 5.39. The molecule has 156 valence electrons. The van der Waals surface area contributed by atoms with Gasteiger partial charge in [0, 0.05) is 33.0 Å². The van der Waals surface area contributed by atoms with Crippen LogP contribution in [0.4, 0.5) is 5.82 Å². The van der Waals surface area contributed by atoms with E-state index in [1.807, 2.05) is 43.9 Å². The van der Waals surface area contributed by atoms with Gasteiger partial charge < -0.3 is 19.8 Å². The third-order valence-corrected chi connectivity index (χ3v) is 5.33. The summed E-state index contributed by atoms with van der Waals surface area (Å²) in [6, 6.07) is 7.95. The molecule has 0 aliphatic carbocycles. The molecule has 0 fully saturated rings. The summed E-state index contributed by atoms with van der Waals surface area (Å²) in [6.45, 7) is 2.58. The molecule has 2 N–H and O–H groups in total. The SMILES string of the molecule is CCCCC(=O)N(C)Cc1cccc(-c2cc3c(nc(NC)c4ncn(C)c43)[nH]2)n1. The molecular formula is C22H27N7O. The number of aryl methyl sites for hydroxylation is 1. The lowest BCUT2D eigenvalue weighted by atomic mass is 10.2. The number of anilines is 1. The third kappa shape index (κ3) is 3.60. The molecule has 8 heteroatoms. The van der Waals surface area contributed by atoms with Crippen LogP contribution in [0.5, 0.6) is 0 Å². The quantitative estimate of drug-likeness (QED) is 0.489. The summed E-state index contributed by atoms with van der Waals surface area (Å²) >= 11 is 0. The van der Waals surface area contributed by atoms with Gasteiger partial charge in [-0.2, -0.15) is 0 Å². The number of carbonyl (C=O) groups is 1. The summed E-state index contributed by atoms with van der Waals surface area (Å²) in [5.41, 5.74) is 5.20. The van der Waals surface area contributed by atoms with Crippen LogP contribution in [0.3, 0.4) is 0 Å². The highest BCUT2D eigenvalue weighted by Crippen LogP contribution is 2.31. The molecule has 30 heavy (non-hydrogen) atoms. The lowest BCUT2D eigenvalue weighted by Crippen LogP contribution is -2.26. The van der Waals surface area contributed by atoms with Gasteiger partial charge in [-0.15, -0.1) is 0 Å². The van der Waals surface area contributed by atoms with Gasteiger partial charge in [-0.25, -0.2) is 15.0 Å². The Bertz CT molecular complexity index is 1210. The van der Waals surface area contributed by atoms with E-state index in [9.17, 15) is 4.79 Å². The molecule has 0 unspecified atom stereocenters. The van der Waals surface area contributed by atoms with E-state index in [-0.39, 0.29) is 5.91 Å². The molecule has 0 atom stereocenters. The number of aromatic nitrogens is 5. The van der Waals surface area contributed by atoms with Crippen LogP contribution in [-0.4, -0.2) is 49.4 Å². The van der Waals surface area contributed by atoms with Crippen LogP contribution in [0.2, 0.25) is 0 Å². The maximum atomic E-state index is 12.2. The van der Waals surface area contributed by atoms with Crippen LogP contribution in [0.25, 0.3) is 33.5 Å². The molecule has 0 radical (unpaired) electrons. The molecular weight excluding hydrogens is 378 g/mol. The number of pyridine rings is 2. The standard InChI is InChI=1S/C22H27N7O/c1-5-6-10-18(30)28(3)12-14-8-7-9-16(25-14)17-11-15-20-19(24-13-29(20)4)22(23-2)27-21(15)26-17/h7-9,11,13H,5-6,10,12H2,1-4H3,(H2,23,26,27). The van der Waals surface area contributed by atoms with Crippen molar-refractivity contribution in [2.75, 3.05) is 19.4 Å². The lowest BCUT2D eigenvalue weighted by molar-refractivity contribution is -0.130. The first-order valence-electron chi connectivity index (χ1n) is 10.2. The van der Waals surface area contributed by atoms with Gasteiger partial charge in [-0.3, -0.25) is 4.79 Å². The molecule has 0 saturated heterocycles. The highest BCUT2D eigenvalue weighted by Gasteiger charge is 2.16. The van der Waals surface area contributed by atoms with Crippen LogP contribution in [0, 0.1) is 0 Å². The van der Waals surface area contributed by atoms with Crippen molar-refractivity contribution in [1.82, 2.24) is 29.4 Å². The van der Waals surface area contributed by atoms with Crippen molar-refractivity contribution in [2.24, 2.45) is 7.05 Å². The zero-order valence-electron chi connectivity index (χ0n) is 17.9. The summed E-state index contributed by atoms with van der Waals surface area (Å²) in [5.74, 6) is 0.887. The third-order valence-electron chi connectivity index (χ3n) is 5.33. The Morgan fingerprint density at radius 2 is 2.13 bits per heavy atom. The van der Waals surface area contributed by atoms with Gasteiger partial charge in [0.25, 0.3) is 0 Å². The number of aromatic amines is 1. The first kappa shape index (κ1) is 19.9. The molecule has 0 aliphatic rings. The topological polar surface area (TPSA) is 91.7 Å². The van der Waals surface area contributed by atoms with E-state index < -0.39 is 0 Å². The Hall–Kier alpha value is -3.42. The number of imidazole rings is 1. The van der Waals surface area contributed by atoms with Gasteiger partial charge in [-0.1, -0.05) is 19.4 Å². The average molecular weight is 406 g/mol. The summed E-state index contributed by atoms with van der Waals surface area (Å²) in [4.78, 5) is 31.3. The second-order valence-electron chi connectivity index (χ2n) is 7.58. The fraction of sp³-hybridized carbons (Fsp3) is 0.364. The Balaban J connectivity index is 1.68. The van der Waals surface area contributed by atoms with Gasteiger partial charge in [-0.05, 0) is 24.6 Å². The second-order valence-corrected chi connectivity index (χ2v) is 7.58. The van der Waals surface area contributed by atoms with Crippen molar-refractivity contribution in [2.45, 2.75) is 32.7 Å². The normalized spacial score (nSPS) is 11.3. The number of carbonyl (C=O) groups excluding carboxylic acids is 1. The van der Waals surface area contributed by atoms with Crippen LogP contribution in [-0.2, 0) is 18.4 Å². The van der Waals surface area contributed by atoms with E-state index in [1.54, 1.807) is 11.2 Å². The molecule has 0 saturated carbocycles. The van der Waals surface area contributed by atoms with Gasteiger partial charge in [0.1, 0.15) is 11.2 Å². The number of nitrogens with one attached hydrogen (secondary N) is 2. The number of rotatable bonds is 7. The molecule has 4 heterocycles. The van der Waals surface area contributed by atoms with Crippen molar-refractivity contribution in [3.63, 3.8) is 0 Å². The van der Waals surface area contributed by atoms with E-state index in [4.69, 9.17) is 4.98 Å². The van der Waals surface area contributed by atoms with Crippen molar-refractivity contribution in [3.8, 4) is 11.4 Å². The fourth-order valence-corrected chi connectivity index (χ4v) is 3.68. The monoisotopic (exact) mass is 405 g/mol. The zero-order valence-corrected chi connectivity index (χ0v) is 17.9. The Labute approximate surface area is 175 Å². The molecule has 0 aliphatic heterocycles. The number of fused-ring (bicyclic) bond motifs is 3. The van der Waals surface area contributed by atoms with Gasteiger partial charge >= 0.3 is 0 Å². The fourth-order valence-electron chi connectivity index (χ4n) is 3.68. The highest BCUT2D eigenvalue weighted by molar-refractivity contribution is 6.07. The van der Waals surface area contributed by atoms with Crippen molar-refractivity contribution in [3.05, 3.63) is 36.3 Å². The first-order chi connectivity index (χ1) is 14.5. The molecule has 1 amide bonds. The van der Waals surface area contributed by atoms with E-state index in [1.165, 1.54) is 0 Å². The minimum atomic E-state index is 0.150. The number of nitrogens with zero attached hydrogens (tertiary/aromatic N) is 5. The molecule has 0 bridgehead atoms. The summed E-state index contributed by atoms with van der Waals surface area (Å²) in [7, 11) is 5.65. The average Bonchev–Trinajstić information content (AvgIpc) is 3.35. The van der Waals surface area contributed by atoms with Crippen LogP contribution in [0.15, 0.2) is 30.6 Å². The van der Waals surface area contributed by atoms with Crippen LogP contribution >= 0.6 is 0 Å². The molecule has 4 aromatic heterocycles. The molecule has 0 spiro atoms. The molecule has 4 aromatic rings. The highest BCUT2D eigenvalue weighted by atomic mass is 16.2. The number of hydrogen-bond donors (Lipinski definition) is 2. The lowest BCUT2D eigenvalue weighted by Gasteiger charge is -2.16. The van der Waals surface area contributed by atoms with Crippen LogP contribution in [0.1, 0.15) is 31.9 Å². The maximum Gasteiger partial charge on any atom is 0.222 e. The van der Waals surface area contributed by atoms with Crippen LogP contribution < -0.4 is 5.32 Å². The second kappa shape index (κ2) is 8.14. The summed E-state index contributed by atoms with van der Waals surface area (Å²) < 4.78 is 2.00. The number of hydrogen-bond acceptors (Lipinski definition) is 5. The van der Waals surface area contributed by atoms with Gasteiger partial charge in [0.05, 0.1) is 35.5 Å². The van der Waals surface area contributed by atoms with Crippen molar-refractivity contribution >= 4 is 33.8 Å². The predicted octanol–water partition coefficient (Wildman–Crippen LogP) is 3.70. The number of amides is 1. The maximum absolute atomic E-state index is 12.2. The Morgan fingerprint density at radius 1 is 1.30 bits per heavy atom.